The largest absolute Gasteiger partial charge is 0.489 e. The van der Waals surface area contributed by atoms with E-state index < -0.39 is 0 Å². The second-order valence-corrected chi connectivity index (χ2v) is 5.92. The fourth-order valence-corrected chi connectivity index (χ4v) is 2.26. The molecule has 1 unspecified atom stereocenters. The predicted molar refractivity (Wildman–Crippen MR) is 88.2 cm³/mol. The van der Waals surface area contributed by atoms with Crippen molar-refractivity contribution in [3.05, 3.63) is 65.7 Å². The molecule has 0 radical (unpaired) electrons. The quantitative estimate of drug-likeness (QED) is 0.799. The zero-order chi connectivity index (χ0) is 15.1. The van der Waals surface area contributed by atoms with Gasteiger partial charge in [0.05, 0.1) is 0 Å². The summed E-state index contributed by atoms with van der Waals surface area (Å²) in [5, 5.41) is 0. The fraction of sp³-hybridized carbons (Fsp3) is 0.368. The molecule has 21 heavy (non-hydrogen) atoms. The molecule has 112 valence electrons. The van der Waals surface area contributed by atoms with Crippen LogP contribution in [0, 0.1) is 5.92 Å². The van der Waals surface area contributed by atoms with Crippen LogP contribution < -0.4 is 10.5 Å². The molecule has 2 rings (SSSR count). The first-order valence-corrected chi connectivity index (χ1v) is 7.67. The topological polar surface area (TPSA) is 35.2 Å². The van der Waals surface area contributed by atoms with Gasteiger partial charge < -0.3 is 10.5 Å². The number of benzene rings is 2. The summed E-state index contributed by atoms with van der Waals surface area (Å²) in [6.07, 6.45) is 2.16. The number of ether oxygens (including phenoxy) is 1. The van der Waals surface area contributed by atoms with E-state index in [0.29, 0.717) is 12.5 Å². The second-order valence-electron chi connectivity index (χ2n) is 5.92. The molecule has 0 spiro atoms. The number of nitrogens with two attached hydrogens (primary N) is 1. The van der Waals surface area contributed by atoms with Crippen LogP contribution in [0.3, 0.4) is 0 Å². The summed E-state index contributed by atoms with van der Waals surface area (Å²) in [4.78, 5) is 0. The van der Waals surface area contributed by atoms with Crippen molar-refractivity contribution in [2.45, 2.75) is 39.3 Å². The van der Waals surface area contributed by atoms with Crippen LogP contribution in [0.25, 0.3) is 0 Å². The van der Waals surface area contributed by atoms with Crippen LogP contribution in [0.5, 0.6) is 5.75 Å². The summed E-state index contributed by atoms with van der Waals surface area (Å²) < 4.78 is 5.85. The molecular formula is C19H25NO. The Hall–Kier alpha value is -1.80. The molecule has 2 nitrogen and oxygen atoms in total. The lowest BCUT2D eigenvalue weighted by molar-refractivity contribution is 0.305. The molecule has 0 aliphatic rings. The van der Waals surface area contributed by atoms with Gasteiger partial charge in [-0.1, -0.05) is 56.3 Å². The van der Waals surface area contributed by atoms with Crippen LogP contribution >= 0.6 is 0 Å². The van der Waals surface area contributed by atoms with Gasteiger partial charge in [0.1, 0.15) is 12.4 Å². The van der Waals surface area contributed by atoms with Gasteiger partial charge in [-0.15, -0.1) is 0 Å². The number of rotatable bonds is 7. The Bertz CT molecular complexity index is 536. The highest BCUT2D eigenvalue weighted by atomic mass is 16.5. The highest BCUT2D eigenvalue weighted by Crippen LogP contribution is 2.23. The molecule has 0 aliphatic carbocycles. The van der Waals surface area contributed by atoms with E-state index in [1.165, 1.54) is 5.56 Å². The lowest BCUT2D eigenvalue weighted by atomic mass is 9.98. The molecule has 2 heteroatoms. The Kier molecular flexibility index (Phi) is 5.82. The molecule has 0 aliphatic heterocycles. The van der Waals surface area contributed by atoms with E-state index in [1.54, 1.807) is 0 Å². The van der Waals surface area contributed by atoms with Crippen LogP contribution in [-0.2, 0) is 6.61 Å². The molecule has 0 heterocycles. The zero-order valence-corrected chi connectivity index (χ0v) is 13.0. The third-order valence-corrected chi connectivity index (χ3v) is 3.59. The summed E-state index contributed by atoms with van der Waals surface area (Å²) in [5.41, 5.74) is 8.59. The van der Waals surface area contributed by atoms with Gasteiger partial charge in [-0.2, -0.15) is 0 Å². The van der Waals surface area contributed by atoms with Crippen molar-refractivity contribution >= 4 is 0 Å². The summed E-state index contributed by atoms with van der Waals surface area (Å²) in [5.74, 6) is 1.57. The molecule has 0 saturated carbocycles. The van der Waals surface area contributed by atoms with E-state index in [2.05, 4.69) is 38.1 Å². The van der Waals surface area contributed by atoms with Crippen LogP contribution in [0.4, 0.5) is 0 Å². The summed E-state index contributed by atoms with van der Waals surface area (Å²) >= 11 is 0. The van der Waals surface area contributed by atoms with Gasteiger partial charge in [-0.05, 0) is 42.0 Å². The van der Waals surface area contributed by atoms with E-state index in [4.69, 9.17) is 10.5 Å². The number of hydrogen-bond acceptors (Lipinski definition) is 2. The van der Waals surface area contributed by atoms with Gasteiger partial charge in [0.2, 0.25) is 0 Å². The normalized spacial score (nSPS) is 12.4. The van der Waals surface area contributed by atoms with Gasteiger partial charge in [0, 0.05) is 6.04 Å². The molecule has 2 aromatic carbocycles. The molecule has 0 saturated heterocycles. The molecule has 2 aromatic rings. The predicted octanol–water partition coefficient (Wildman–Crippen LogP) is 4.70. The van der Waals surface area contributed by atoms with Crippen molar-refractivity contribution < 1.29 is 4.74 Å². The summed E-state index contributed by atoms with van der Waals surface area (Å²) in [7, 11) is 0. The lowest BCUT2D eigenvalue weighted by Gasteiger charge is -2.15. The average molecular weight is 283 g/mol. The van der Waals surface area contributed by atoms with Crippen molar-refractivity contribution in [1.82, 2.24) is 0 Å². The van der Waals surface area contributed by atoms with Gasteiger partial charge in [0.25, 0.3) is 0 Å². The molecule has 1 atom stereocenters. The standard InChI is InChI=1S/C19H25NO/c1-15(2)11-12-19(20)17-9-6-10-18(13-17)21-14-16-7-4-3-5-8-16/h3-10,13,15,19H,11-12,14,20H2,1-2H3. The van der Waals surface area contributed by atoms with E-state index in [9.17, 15) is 0 Å². The Morgan fingerprint density at radius 3 is 2.43 bits per heavy atom. The van der Waals surface area contributed by atoms with Crippen LogP contribution in [0.1, 0.15) is 43.9 Å². The van der Waals surface area contributed by atoms with Crippen molar-refractivity contribution in [2.75, 3.05) is 0 Å². The van der Waals surface area contributed by atoms with Crippen molar-refractivity contribution in [3.8, 4) is 5.75 Å². The first-order chi connectivity index (χ1) is 10.1. The van der Waals surface area contributed by atoms with Crippen molar-refractivity contribution in [2.24, 2.45) is 11.7 Å². The minimum atomic E-state index is 0.0904. The van der Waals surface area contributed by atoms with E-state index in [0.717, 1.165) is 24.2 Å². The summed E-state index contributed by atoms with van der Waals surface area (Å²) in [6.45, 7) is 5.05. The van der Waals surface area contributed by atoms with E-state index in [1.807, 2.05) is 30.3 Å². The number of hydrogen-bond donors (Lipinski definition) is 1. The minimum absolute atomic E-state index is 0.0904. The Morgan fingerprint density at radius 2 is 1.71 bits per heavy atom. The van der Waals surface area contributed by atoms with Gasteiger partial charge in [-0.3, -0.25) is 0 Å². The fourth-order valence-electron chi connectivity index (χ4n) is 2.26. The zero-order valence-electron chi connectivity index (χ0n) is 13.0. The molecule has 0 fully saturated rings. The average Bonchev–Trinajstić information content (AvgIpc) is 2.52. The first kappa shape index (κ1) is 15.6. The van der Waals surface area contributed by atoms with Gasteiger partial charge in [0.15, 0.2) is 0 Å². The van der Waals surface area contributed by atoms with Crippen LogP contribution in [0.15, 0.2) is 54.6 Å². The molecule has 2 N–H and O–H groups in total. The molecule has 0 bridgehead atoms. The molecule has 0 aromatic heterocycles. The lowest BCUT2D eigenvalue weighted by Crippen LogP contribution is -2.11. The smallest absolute Gasteiger partial charge is 0.120 e. The maximum absolute atomic E-state index is 6.26. The van der Waals surface area contributed by atoms with Gasteiger partial charge in [-0.25, -0.2) is 0 Å². The van der Waals surface area contributed by atoms with E-state index in [-0.39, 0.29) is 6.04 Å². The first-order valence-electron chi connectivity index (χ1n) is 7.67. The maximum Gasteiger partial charge on any atom is 0.120 e. The third-order valence-electron chi connectivity index (χ3n) is 3.59. The second kappa shape index (κ2) is 7.84. The maximum atomic E-state index is 6.26. The highest BCUT2D eigenvalue weighted by Gasteiger charge is 2.08. The minimum Gasteiger partial charge on any atom is -0.489 e. The van der Waals surface area contributed by atoms with Crippen molar-refractivity contribution in [1.29, 1.82) is 0 Å². The van der Waals surface area contributed by atoms with Crippen LogP contribution in [-0.4, -0.2) is 0 Å². The van der Waals surface area contributed by atoms with E-state index >= 15 is 0 Å². The third kappa shape index (κ3) is 5.24. The SMILES string of the molecule is CC(C)CCC(N)c1cccc(OCc2ccccc2)c1. The Labute approximate surface area is 127 Å². The Balaban J connectivity index is 1.94. The van der Waals surface area contributed by atoms with Crippen LogP contribution in [0.2, 0.25) is 0 Å². The summed E-state index contributed by atoms with van der Waals surface area (Å²) in [6, 6.07) is 18.4. The van der Waals surface area contributed by atoms with Crippen molar-refractivity contribution in [3.63, 3.8) is 0 Å². The monoisotopic (exact) mass is 283 g/mol. The van der Waals surface area contributed by atoms with Gasteiger partial charge >= 0.3 is 0 Å². The molecule has 0 amide bonds. The molecular weight excluding hydrogens is 258 g/mol. The highest BCUT2D eigenvalue weighted by molar-refractivity contribution is 5.30. The Morgan fingerprint density at radius 1 is 0.952 bits per heavy atom.